The summed E-state index contributed by atoms with van der Waals surface area (Å²) < 4.78 is 0. The van der Waals surface area contributed by atoms with Crippen LogP contribution < -0.4 is 0 Å². The number of hydrogen-bond donors (Lipinski definition) is 0. The van der Waals surface area contributed by atoms with Crippen molar-refractivity contribution in [3.05, 3.63) is 66.0 Å². The van der Waals surface area contributed by atoms with E-state index in [1.54, 1.807) is 41.4 Å². The summed E-state index contributed by atoms with van der Waals surface area (Å²) in [6.45, 7) is 1.06. The summed E-state index contributed by atoms with van der Waals surface area (Å²) in [5.74, 6) is -1.13. The maximum atomic E-state index is 12.7. The Kier molecular flexibility index (Phi) is 5.20. The number of carbonyl (C=O) groups is 2. The highest BCUT2D eigenvalue weighted by Crippen LogP contribution is 2.26. The molecule has 0 N–H and O–H groups in total. The molecule has 1 aromatic carbocycles. The second-order valence-corrected chi connectivity index (χ2v) is 6.15. The maximum Gasteiger partial charge on any atom is 0.253 e. The van der Waals surface area contributed by atoms with Crippen molar-refractivity contribution in [1.29, 1.82) is 5.26 Å². The van der Waals surface area contributed by atoms with E-state index in [4.69, 9.17) is 0 Å². The molecule has 0 saturated carbocycles. The Morgan fingerprint density at radius 2 is 1.76 bits per heavy atom. The van der Waals surface area contributed by atoms with Gasteiger partial charge >= 0.3 is 0 Å². The smallest absolute Gasteiger partial charge is 0.253 e. The molecule has 1 amide bonds. The van der Waals surface area contributed by atoms with E-state index in [-0.39, 0.29) is 17.6 Å². The predicted molar refractivity (Wildman–Crippen MR) is 92.7 cm³/mol. The molecule has 25 heavy (non-hydrogen) atoms. The van der Waals surface area contributed by atoms with Gasteiger partial charge in [0.25, 0.3) is 5.91 Å². The zero-order valence-corrected chi connectivity index (χ0v) is 13.8. The van der Waals surface area contributed by atoms with Crippen molar-refractivity contribution in [2.24, 2.45) is 5.92 Å². The largest absolute Gasteiger partial charge is 0.339 e. The van der Waals surface area contributed by atoms with Crippen LogP contribution in [-0.2, 0) is 4.79 Å². The van der Waals surface area contributed by atoms with Crippen molar-refractivity contribution in [2.75, 3.05) is 13.1 Å². The molecule has 5 nitrogen and oxygen atoms in total. The molecule has 126 valence electrons. The van der Waals surface area contributed by atoms with Gasteiger partial charge in [0.1, 0.15) is 5.92 Å². The molecule has 0 unspecified atom stereocenters. The molecule has 1 aromatic heterocycles. The van der Waals surface area contributed by atoms with Crippen molar-refractivity contribution in [1.82, 2.24) is 9.88 Å². The minimum absolute atomic E-state index is 0.00643. The van der Waals surface area contributed by atoms with Crippen molar-refractivity contribution in [3.63, 3.8) is 0 Å². The lowest BCUT2D eigenvalue weighted by Gasteiger charge is -2.32. The predicted octanol–water partition coefficient (Wildman–Crippen LogP) is 2.81. The Morgan fingerprint density at radius 1 is 1.08 bits per heavy atom. The topological polar surface area (TPSA) is 74.1 Å². The average Bonchev–Trinajstić information content (AvgIpc) is 2.69. The third kappa shape index (κ3) is 3.74. The van der Waals surface area contributed by atoms with Gasteiger partial charge in [-0.25, -0.2) is 0 Å². The summed E-state index contributed by atoms with van der Waals surface area (Å²) >= 11 is 0. The molecule has 5 heteroatoms. The maximum absolute atomic E-state index is 12.7. The number of Topliss-reactive ketones (excluding diaryl/α,β-unsaturated/α-hetero) is 1. The monoisotopic (exact) mass is 333 g/mol. The molecule has 1 saturated heterocycles. The molecule has 1 atom stereocenters. The van der Waals surface area contributed by atoms with Crippen molar-refractivity contribution >= 4 is 11.7 Å². The highest BCUT2D eigenvalue weighted by molar-refractivity contribution is 5.94. The number of rotatable bonds is 4. The summed E-state index contributed by atoms with van der Waals surface area (Å²) in [4.78, 5) is 31.1. The average molecular weight is 333 g/mol. The van der Waals surface area contributed by atoms with Crippen LogP contribution in [0.4, 0.5) is 0 Å². The molecule has 2 aromatic rings. The van der Waals surface area contributed by atoms with Gasteiger partial charge in [-0.15, -0.1) is 0 Å². The fourth-order valence-corrected chi connectivity index (χ4v) is 3.19. The number of hydrogen-bond acceptors (Lipinski definition) is 4. The Hall–Kier alpha value is -3.00. The number of nitriles is 1. The molecule has 0 radical (unpaired) electrons. The second kappa shape index (κ2) is 7.71. The van der Waals surface area contributed by atoms with Crippen molar-refractivity contribution in [2.45, 2.75) is 18.8 Å². The van der Waals surface area contributed by atoms with Gasteiger partial charge in [-0.3, -0.25) is 14.6 Å². The zero-order chi connectivity index (χ0) is 17.6. The molecular formula is C20H19N3O2. The Labute approximate surface area is 146 Å². The van der Waals surface area contributed by atoms with E-state index in [1.165, 1.54) is 0 Å². The fraction of sp³-hybridized carbons (Fsp3) is 0.300. The van der Waals surface area contributed by atoms with E-state index in [9.17, 15) is 14.9 Å². The summed E-state index contributed by atoms with van der Waals surface area (Å²) in [5.41, 5.74) is 1.16. The van der Waals surface area contributed by atoms with E-state index in [0.29, 0.717) is 37.2 Å². The van der Waals surface area contributed by atoms with Gasteiger partial charge in [0, 0.05) is 30.8 Å². The fourth-order valence-electron chi connectivity index (χ4n) is 3.19. The number of piperidine rings is 1. The first kappa shape index (κ1) is 16.8. The first-order valence-corrected chi connectivity index (χ1v) is 8.39. The Balaban J connectivity index is 1.63. The van der Waals surface area contributed by atoms with Gasteiger partial charge in [-0.05, 0) is 37.1 Å². The number of benzene rings is 1. The van der Waals surface area contributed by atoms with Gasteiger partial charge in [0.05, 0.1) is 11.8 Å². The number of carbonyl (C=O) groups excluding carboxylic acids is 2. The standard InChI is InChI=1S/C20H19N3O2/c21-14-17(18-8-4-5-11-22-18)19(24)15-9-12-23(13-10-15)20(25)16-6-2-1-3-7-16/h1-8,11,15,17H,9-10,12-13H2/t17-/m1/s1. The van der Waals surface area contributed by atoms with Crippen molar-refractivity contribution in [3.8, 4) is 6.07 Å². The molecule has 0 bridgehead atoms. The SMILES string of the molecule is N#C[C@@H](C(=O)C1CCN(C(=O)c2ccccc2)CC1)c1ccccn1. The normalized spacial score (nSPS) is 16.0. The van der Waals surface area contributed by atoms with Gasteiger partial charge in [0.15, 0.2) is 5.78 Å². The van der Waals surface area contributed by atoms with Gasteiger partial charge < -0.3 is 4.90 Å². The molecule has 1 aliphatic heterocycles. The minimum atomic E-state index is -0.831. The number of pyridine rings is 1. The molecular weight excluding hydrogens is 314 g/mol. The Morgan fingerprint density at radius 3 is 2.36 bits per heavy atom. The number of amides is 1. The van der Waals surface area contributed by atoms with E-state index >= 15 is 0 Å². The summed E-state index contributed by atoms with van der Waals surface area (Å²) in [5, 5.41) is 9.39. The third-order valence-corrected chi connectivity index (χ3v) is 4.60. The number of ketones is 1. The van der Waals surface area contributed by atoms with Crippen LogP contribution in [0.1, 0.15) is 34.8 Å². The first-order valence-electron chi connectivity index (χ1n) is 8.39. The quantitative estimate of drug-likeness (QED) is 0.862. The Bertz CT molecular complexity index is 776. The van der Waals surface area contributed by atoms with Crippen LogP contribution in [0, 0.1) is 17.2 Å². The molecule has 1 fully saturated rings. The van der Waals surface area contributed by atoms with E-state index in [0.717, 1.165) is 0 Å². The molecule has 0 aliphatic carbocycles. The number of aromatic nitrogens is 1. The zero-order valence-electron chi connectivity index (χ0n) is 13.8. The molecule has 0 spiro atoms. The third-order valence-electron chi connectivity index (χ3n) is 4.60. The van der Waals surface area contributed by atoms with E-state index in [2.05, 4.69) is 11.1 Å². The highest BCUT2D eigenvalue weighted by Gasteiger charge is 2.33. The first-order chi connectivity index (χ1) is 12.2. The lowest BCUT2D eigenvalue weighted by Crippen LogP contribution is -2.41. The van der Waals surface area contributed by atoms with Crippen LogP contribution in [-0.4, -0.2) is 34.7 Å². The van der Waals surface area contributed by atoms with Crippen molar-refractivity contribution < 1.29 is 9.59 Å². The highest BCUT2D eigenvalue weighted by atomic mass is 16.2. The van der Waals surface area contributed by atoms with Gasteiger partial charge in [-0.1, -0.05) is 24.3 Å². The van der Waals surface area contributed by atoms with Crippen LogP contribution in [0.25, 0.3) is 0 Å². The summed E-state index contributed by atoms with van der Waals surface area (Å²) in [6, 6.07) is 16.5. The van der Waals surface area contributed by atoms with Crippen LogP contribution >= 0.6 is 0 Å². The minimum Gasteiger partial charge on any atom is -0.339 e. The van der Waals surface area contributed by atoms with Crippen LogP contribution in [0.3, 0.4) is 0 Å². The van der Waals surface area contributed by atoms with Crippen LogP contribution in [0.2, 0.25) is 0 Å². The lowest BCUT2D eigenvalue weighted by molar-refractivity contribution is -0.124. The van der Waals surface area contributed by atoms with Gasteiger partial charge in [0.2, 0.25) is 0 Å². The van der Waals surface area contributed by atoms with E-state index in [1.807, 2.05) is 18.2 Å². The number of likely N-dealkylation sites (tertiary alicyclic amines) is 1. The summed E-state index contributed by atoms with van der Waals surface area (Å²) in [7, 11) is 0. The van der Waals surface area contributed by atoms with Crippen LogP contribution in [0.5, 0.6) is 0 Å². The molecule has 2 heterocycles. The number of nitrogens with zero attached hydrogens (tertiary/aromatic N) is 3. The lowest BCUT2D eigenvalue weighted by atomic mass is 9.84. The van der Waals surface area contributed by atoms with E-state index < -0.39 is 5.92 Å². The second-order valence-electron chi connectivity index (χ2n) is 6.15. The molecule has 1 aliphatic rings. The van der Waals surface area contributed by atoms with Crippen LogP contribution in [0.15, 0.2) is 54.7 Å². The van der Waals surface area contributed by atoms with Gasteiger partial charge in [-0.2, -0.15) is 5.26 Å². The summed E-state index contributed by atoms with van der Waals surface area (Å²) in [6.07, 6.45) is 2.76. The molecule has 3 rings (SSSR count).